The maximum Gasteiger partial charge on any atom is 0.244 e. The molecule has 112 valence electrons. The van der Waals surface area contributed by atoms with Crippen LogP contribution < -0.4 is 5.73 Å². The Hall–Kier alpha value is -0.940. The highest BCUT2D eigenvalue weighted by atomic mass is 16.5. The van der Waals surface area contributed by atoms with Gasteiger partial charge in [-0.05, 0) is 38.1 Å². The third-order valence-electron chi connectivity index (χ3n) is 5.12. The van der Waals surface area contributed by atoms with E-state index in [1.54, 1.807) is 0 Å². The number of hydrogen-bond acceptors (Lipinski definition) is 5. The van der Waals surface area contributed by atoms with Crippen LogP contribution in [0.1, 0.15) is 70.1 Å². The van der Waals surface area contributed by atoms with E-state index < -0.39 is 0 Å². The summed E-state index contributed by atoms with van der Waals surface area (Å²) in [6.07, 6.45) is 4.92. The van der Waals surface area contributed by atoms with E-state index in [0.29, 0.717) is 23.9 Å². The summed E-state index contributed by atoms with van der Waals surface area (Å²) in [5, 5.41) is 4.21. The summed E-state index contributed by atoms with van der Waals surface area (Å²) in [4.78, 5) is 7.13. The first kappa shape index (κ1) is 14.0. The van der Waals surface area contributed by atoms with Gasteiger partial charge in [-0.2, -0.15) is 4.98 Å². The average Bonchev–Trinajstić information content (AvgIpc) is 2.91. The minimum Gasteiger partial charge on any atom is -0.338 e. The van der Waals surface area contributed by atoms with Crippen molar-refractivity contribution >= 4 is 0 Å². The van der Waals surface area contributed by atoms with Crippen molar-refractivity contribution in [3.05, 3.63) is 11.7 Å². The molecule has 0 spiro atoms. The molecule has 3 atom stereocenters. The third kappa shape index (κ3) is 2.37. The van der Waals surface area contributed by atoms with Crippen molar-refractivity contribution < 1.29 is 4.52 Å². The molecule has 2 N–H and O–H groups in total. The van der Waals surface area contributed by atoms with Gasteiger partial charge in [-0.15, -0.1) is 0 Å². The van der Waals surface area contributed by atoms with Gasteiger partial charge in [0, 0.05) is 18.0 Å². The minimum absolute atomic E-state index is 0.0599. The van der Waals surface area contributed by atoms with Crippen molar-refractivity contribution in [2.24, 2.45) is 11.1 Å². The molecule has 2 fully saturated rings. The second-order valence-corrected chi connectivity index (χ2v) is 7.55. The normalized spacial score (nSPS) is 32.5. The van der Waals surface area contributed by atoms with E-state index >= 15 is 0 Å². The van der Waals surface area contributed by atoms with Crippen LogP contribution >= 0.6 is 0 Å². The van der Waals surface area contributed by atoms with E-state index in [1.165, 1.54) is 12.8 Å². The van der Waals surface area contributed by atoms with Crippen LogP contribution in [0.2, 0.25) is 0 Å². The molecule has 0 amide bonds. The van der Waals surface area contributed by atoms with E-state index in [1.807, 2.05) is 0 Å². The third-order valence-corrected chi connectivity index (χ3v) is 5.12. The molecule has 0 radical (unpaired) electrons. The van der Waals surface area contributed by atoms with E-state index in [2.05, 4.69) is 42.9 Å². The number of nitrogens with two attached hydrogens (primary N) is 1. The Labute approximate surface area is 120 Å². The standard InChI is InChI=1S/C15H26N4O/c1-15(2,3)12(16)14-17-13(18-20-14)9-7-10-5-6-11(8-9)19(10)4/h9-12H,5-8,16H2,1-4H3. The fourth-order valence-electron chi connectivity index (χ4n) is 3.53. The summed E-state index contributed by atoms with van der Waals surface area (Å²) in [5.74, 6) is 1.89. The quantitative estimate of drug-likeness (QED) is 0.900. The monoisotopic (exact) mass is 278 g/mol. The van der Waals surface area contributed by atoms with Crippen LogP contribution in [0.15, 0.2) is 4.52 Å². The Morgan fingerprint density at radius 3 is 2.40 bits per heavy atom. The van der Waals surface area contributed by atoms with Gasteiger partial charge in [0.25, 0.3) is 0 Å². The number of piperidine rings is 1. The van der Waals surface area contributed by atoms with Gasteiger partial charge in [-0.25, -0.2) is 0 Å². The van der Waals surface area contributed by atoms with Crippen molar-refractivity contribution in [3.63, 3.8) is 0 Å². The summed E-state index contributed by atoms with van der Waals surface area (Å²) in [6.45, 7) is 6.28. The molecule has 2 aliphatic heterocycles. The number of aromatic nitrogens is 2. The second-order valence-electron chi connectivity index (χ2n) is 7.55. The molecule has 0 saturated carbocycles. The lowest BCUT2D eigenvalue weighted by molar-refractivity contribution is 0.157. The maximum absolute atomic E-state index is 6.20. The topological polar surface area (TPSA) is 68.2 Å². The van der Waals surface area contributed by atoms with Crippen LogP contribution in [0.25, 0.3) is 0 Å². The van der Waals surface area contributed by atoms with E-state index in [-0.39, 0.29) is 11.5 Å². The van der Waals surface area contributed by atoms with Crippen molar-refractivity contribution in [1.29, 1.82) is 0 Å². The van der Waals surface area contributed by atoms with E-state index in [9.17, 15) is 0 Å². The Morgan fingerprint density at radius 2 is 1.85 bits per heavy atom. The summed E-state index contributed by atoms with van der Waals surface area (Å²) in [7, 11) is 2.25. The smallest absolute Gasteiger partial charge is 0.244 e. The lowest BCUT2D eigenvalue weighted by atomic mass is 9.87. The molecule has 1 aromatic rings. The van der Waals surface area contributed by atoms with Gasteiger partial charge < -0.3 is 15.2 Å². The van der Waals surface area contributed by atoms with Gasteiger partial charge >= 0.3 is 0 Å². The number of fused-ring (bicyclic) bond motifs is 2. The van der Waals surface area contributed by atoms with Crippen molar-refractivity contribution in [1.82, 2.24) is 15.0 Å². The number of nitrogens with zero attached hydrogens (tertiary/aromatic N) is 3. The highest BCUT2D eigenvalue weighted by Gasteiger charge is 2.40. The van der Waals surface area contributed by atoms with Crippen molar-refractivity contribution in [2.75, 3.05) is 7.05 Å². The van der Waals surface area contributed by atoms with Crippen LogP contribution in [0.3, 0.4) is 0 Å². The maximum atomic E-state index is 6.20. The molecule has 2 aliphatic rings. The zero-order chi connectivity index (χ0) is 14.5. The van der Waals surface area contributed by atoms with Crippen molar-refractivity contribution in [3.8, 4) is 0 Å². The Balaban J connectivity index is 1.75. The molecule has 3 heterocycles. The van der Waals surface area contributed by atoms with Gasteiger partial charge in [0.15, 0.2) is 5.82 Å². The fraction of sp³-hybridized carbons (Fsp3) is 0.867. The van der Waals surface area contributed by atoms with Crippen LogP contribution in [0.4, 0.5) is 0 Å². The summed E-state index contributed by atoms with van der Waals surface area (Å²) in [6, 6.07) is 1.18. The molecular formula is C15H26N4O. The lowest BCUT2D eigenvalue weighted by Crippen LogP contribution is -2.39. The molecule has 2 bridgehead atoms. The zero-order valence-electron chi connectivity index (χ0n) is 13.0. The molecular weight excluding hydrogens is 252 g/mol. The Bertz CT molecular complexity index is 464. The lowest BCUT2D eigenvalue weighted by Gasteiger charge is -2.34. The summed E-state index contributed by atoms with van der Waals surface area (Å²) < 4.78 is 5.42. The van der Waals surface area contributed by atoms with Crippen LogP contribution in [-0.4, -0.2) is 34.2 Å². The fourth-order valence-corrected chi connectivity index (χ4v) is 3.53. The van der Waals surface area contributed by atoms with E-state index in [0.717, 1.165) is 18.7 Å². The van der Waals surface area contributed by atoms with Crippen LogP contribution in [0, 0.1) is 5.41 Å². The number of hydrogen-bond donors (Lipinski definition) is 1. The van der Waals surface area contributed by atoms with Gasteiger partial charge in [-0.1, -0.05) is 25.9 Å². The Morgan fingerprint density at radius 1 is 1.25 bits per heavy atom. The van der Waals surface area contributed by atoms with Gasteiger partial charge in [0.1, 0.15) is 0 Å². The first-order chi connectivity index (χ1) is 9.36. The first-order valence-corrected chi connectivity index (χ1v) is 7.67. The highest BCUT2D eigenvalue weighted by Crippen LogP contribution is 2.41. The molecule has 3 rings (SSSR count). The summed E-state index contributed by atoms with van der Waals surface area (Å²) in [5.41, 5.74) is 6.14. The molecule has 3 unspecified atom stereocenters. The highest BCUT2D eigenvalue weighted by molar-refractivity contribution is 5.07. The number of rotatable bonds is 2. The van der Waals surface area contributed by atoms with E-state index in [4.69, 9.17) is 10.3 Å². The zero-order valence-corrected chi connectivity index (χ0v) is 13.0. The predicted octanol–water partition coefficient (Wildman–Crippen LogP) is 2.46. The first-order valence-electron chi connectivity index (χ1n) is 7.67. The van der Waals surface area contributed by atoms with Gasteiger partial charge in [0.2, 0.25) is 5.89 Å². The average molecular weight is 278 g/mol. The minimum atomic E-state index is -0.202. The predicted molar refractivity (Wildman–Crippen MR) is 77.2 cm³/mol. The molecule has 5 heteroatoms. The largest absolute Gasteiger partial charge is 0.338 e. The Kier molecular flexibility index (Phi) is 3.37. The molecule has 2 saturated heterocycles. The van der Waals surface area contributed by atoms with Crippen LogP contribution in [-0.2, 0) is 0 Å². The molecule has 0 aromatic carbocycles. The SMILES string of the molecule is CN1C2CCC1CC(c1noc(C(N)C(C)(C)C)n1)C2. The molecule has 20 heavy (non-hydrogen) atoms. The second kappa shape index (κ2) is 4.81. The van der Waals surface area contributed by atoms with Gasteiger partial charge in [0.05, 0.1) is 6.04 Å². The molecule has 0 aliphatic carbocycles. The molecule has 1 aromatic heterocycles. The van der Waals surface area contributed by atoms with Gasteiger partial charge in [-0.3, -0.25) is 0 Å². The van der Waals surface area contributed by atoms with Crippen LogP contribution in [0.5, 0.6) is 0 Å². The molecule has 5 nitrogen and oxygen atoms in total. The summed E-state index contributed by atoms with van der Waals surface area (Å²) >= 11 is 0. The van der Waals surface area contributed by atoms with Crippen molar-refractivity contribution in [2.45, 2.75) is 70.5 Å².